The average molecular weight is 301 g/mol. The topological polar surface area (TPSA) is 63.2 Å². The fourth-order valence-corrected chi connectivity index (χ4v) is 5.12. The Morgan fingerprint density at radius 3 is 2.10 bits per heavy atom. The normalized spacial score (nSPS) is 33.9. The van der Waals surface area contributed by atoms with Crippen molar-refractivity contribution in [1.29, 1.82) is 0 Å². The van der Waals surface area contributed by atoms with Gasteiger partial charge in [0.25, 0.3) is 0 Å². The zero-order valence-electron chi connectivity index (χ0n) is 12.8. The largest absolute Gasteiger partial charge is 0.352 e. The van der Waals surface area contributed by atoms with Crippen LogP contribution in [-0.2, 0) is 14.6 Å². The van der Waals surface area contributed by atoms with Gasteiger partial charge in [-0.2, -0.15) is 0 Å². The van der Waals surface area contributed by atoms with Crippen LogP contribution in [0.5, 0.6) is 0 Å². The highest BCUT2D eigenvalue weighted by molar-refractivity contribution is 7.91. The molecule has 0 aromatic rings. The molecule has 0 spiro atoms. The van der Waals surface area contributed by atoms with Crippen molar-refractivity contribution >= 4 is 15.7 Å². The van der Waals surface area contributed by atoms with E-state index in [1.54, 1.807) is 0 Å². The zero-order valence-corrected chi connectivity index (χ0v) is 13.6. The van der Waals surface area contributed by atoms with E-state index in [9.17, 15) is 13.2 Å². The van der Waals surface area contributed by atoms with Crippen LogP contribution >= 0.6 is 0 Å². The number of sulfone groups is 1. The molecule has 0 unspecified atom stereocenters. The minimum absolute atomic E-state index is 0.0689. The predicted octanol–water partition coefficient (Wildman–Crippen LogP) is 2.14. The van der Waals surface area contributed by atoms with Gasteiger partial charge in [-0.25, -0.2) is 8.42 Å². The summed E-state index contributed by atoms with van der Waals surface area (Å²) in [4.78, 5) is 12.2. The summed E-state index contributed by atoms with van der Waals surface area (Å²) in [6.45, 7) is 6.80. The fraction of sp³-hybridized carbons (Fsp3) is 0.933. The van der Waals surface area contributed by atoms with E-state index >= 15 is 0 Å². The van der Waals surface area contributed by atoms with Gasteiger partial charge in [-0.1, -0.05) is 20.8 Å². The molecule has 1 amide bonds. The van der Waals surface area contributed by atoms with Crippen LogP contribution in [0.25, 0.3) is 0 Å². The van der Waals surface area contributed by atoms with Crippen LogP contribution in [-0.4, -0.2) is 31.9 Å². The molecule has 0 aromatic heterocycles. The zero-order chi connectivity index (χ0) is 15.0. The van der Waals surface area contributed by atoms with Crippen LogP contribution in [0.3, 0.4) is 0 Å². The van der Waals surface area contributed by atoms with Crippen molar-refractivity contribution in [2.75, 3.05) is 11.5 Å². The van der Waals surface area contributed by atoms with Crippen molar-refractivity contribution in [3.8, 4) is 0 Å². The van der Waals surface area contributed by atoms with Gasteiger partial charge in [0.05, 0.1) is 11.5 Å². The van der Waals surface area contributed by atoms with E-state index in [1.807, 2.05) is 0 Å². The molecule has 1 saturated carbocycles. The summed E-state index contributed by atoms with van der Waals surface area (Å²) in [6.07, 6.45) is 4.65. The molecule has 1 N–H and O–H groups in total. The molecule has 1 aliphatic carbocycles. The van der Waals surface area contributed by atoms with E-state index in [0.29, 0.717) is 17.8 Å². The van der Waals surface area contributed by atoms with Crippen LogP contribution in [0.2, 0.25) is 0 Å². The van der Waals surface area contributed by atoms with E-state index < -0.39 is 9.84 Å². The van der Waals surface area contributed by atoms with Crippen LogP contribution in [0.1, 0.15) is 52.9 Å². The molecule has 1 atom stereocenters. The van der Waals surface area contributed by atoms with Gasteiger partial charge >= 0.3 is 0 Å². The van der Waals surface area contributed by atoms with Gasteiger partial charge in [-0.05, 0) is 43.4 Å². The molecular formula is C15H27NO3S. The highest BCUT2D eigenvalue weighted by Gasteiger charge is 2.34. The molecule has 20 heavy (non-hydrogen) atoms. The van der Waals surface area contributed by atoms with Gasteiger partial charge in [-0.3, -0.25) is 4.79 Å². The van der Waals surface area contributed by atoms with E-state index in [0.717, 1.165) is 25.7 Å². The van der Waals surface area contributed by atoms with Crippen molar-refractivity contribution in [2.24, 2.45) is 17.3 Å². The van der Waals surface area contributed by atoms with E-state index in [1.165, 1.54) is 0 Å². The summed E-state index contributed by atoms with van der Waals surface area (Å²) in [5.41, 5.74) is 0.320. The Bertz CT molecular complexity index is 456. The third kappa shape index (κ3) is 3.96. The Morgan fingerprint density at radius 1 is 1.05 bits per heavy atom. The molecule has 1 aliphatic heterocycles. The van der Waals surface area contributed by atoms with Gasteiger partial charge in [-0.15, -0.1) is 0 Å². The molecule has 2 aliphatic rings. The molecule has 5 heteroatoms. The maximum Gasteiger partial charge on any atom is 0.223 e. The van der Waals surface area contributed by atoms with Crippen LogP contribution in [0.15, 0.2) is 0 Å². The number of carbonyl (C=O) groups is 1. The first-order valence-electron chi connectivity index (χ1n) is 7.68. The van der Waals surface area contributed by atoms with Gasteiger partial charge in [0.2, 0.25) is 5.91 Å². The minimum Gasteiger partial charge on any atom is -0.352 e. The second-order valence-electron chi connectivity index (χ2n) is 7.52. The quantitative estimate of drug-likeness (QED) is 0.850. The number of hydrogen-bond donors (Lipinski definition) is 1. The second kappa shape index (κ2) is 5.66. The van der Waals surface area contributed by atoms with Gasteiger partial charge in [0, 0.05) is 12.0 Å². The van der Waals surface area contributed by atoms with Gasteiger partial charge < -0.3 is 5.32 Å². The van der Waals surface area contributed by atoms with Crippen molar-refractivity contribution < 1.29 is 13.2 Å². The summed E-state index contributed by atoms with van der Waals surface area (Å²) >= 11 is 0. The van der Waals surface area contributed by atoms with Crippen LogP contribution in [0, 0.1) is 17.3 Å². The Morgan fingerprint density at radius 2 is 1.65 bits per heavy atom. The SMILES string of the molecule is CC(C)(C)C1CCC(C(=O)N[C@@H]2CCS(=O)(=O)C2)CC1. The molecule has 2 fully saturated rings. The molecule has 1 heterocycles. The van der Waals surface area contributed by atoms with Gasteiger partial charge in [0.15, 0.2) is 9.84 Å². The van der Waals surface area contributed by atoms with Crippen molar-refractivity contribution in [1.82, 2.24) is 5.32 Å². The molecular weight excluding hydrogens is 274 g/mol. The standard InChI is InChI=1S/C15H27NO3S/c1-15(2,3)12-6-4-11(5-7-12)14(17)16-13-8-9-20(18,19)10-13/h11-13H,4-10H2,1-3H3,(H,16,17)/t11?,12?,13-/m1/s1. The summed E-state index contributed by atoms with van der Waals surface area (Å²) in [5, 5.41) is 2.94. The Labute approximate surface area is 122 Å². The Balaban J connectivity index is 1.81. The number of hydrogen-bond acceptors (Lipinski definition) is 3. The van der Waals surface area contributed by atoms with Gasteiger partial charge in [0.1, 0.15) is 0 Å². The average Bonchev–Trinajstić information content (AvgIpc) is 2.67. The maximum absolute atomic E-state index is 12.2. The second-order valence-corrected chi connectivity index (χ2v) is 9.75. The number of amides is 1. The molecule has 4 nitrogen and oxygen atoms in total. The molecule has 0 bridgehead atoms. The Kier molecular flexibility index (Phi) is 4.47. The van der Waals surface area contributed by atoms with Crippen molar-refractivity contribution in [3.63, 3.8) is 0 Å². The molecule has 116 valence electrons. The summed E-state index contributed by atoms with van der Waals surface area (Å²) in [5.74, 6) is 1.18. The number of rotatable bonds is 2. The van der Waals surface area contributed by atoms with Crippen LogP contribution in [0.4, 0.5) is 0 Å². The lowest BCUT2D eigenvalue weighted by Crippen LogP contribution is -2.41. The van der Waals surface area contributed by atoms with Crippen molar-refractivity contribution in [2.45, 2.75) is 58.9 Å². The Hall–Kier alpha value is -0.580. The molecule has 0 radical (unpaired) electrons. The highest BCUT2D eigenvalue weighted by Crippen LogP contribution is 2.39. The molecule has 1 saturated heterocycles. The lowest BCUT2D eigenvalue weighted by atomic mass is 9.69. The summed E-state index contributed by atoms with van der Waals surface area (Å²) in [7, 11) is -2.91. The third-order valence-electron chi connectivity index (χ3n) is 4.90. The smallest absolute Gasteiger partial charge is 0.223 e. The number of carbonyl (C=O) groups excluding carboxylic acids is 1. The first-order chi connectivity index (χ1) is 9.17. The minimum atomic E-state index is -2.91. The molecule has 2 rings (SSSR count). The lowest BCUT2D eigenvalue weighted by molar-refractivity contribution is -0.127. The van der Waals surface area contributed by atoms with Crippen LogP contribution < -0.4 is 5.32 Å². The number of nitrogens with one attached hydrogen (secondary N) is 1. The fourth-order valence-electron chi connectivity index (χ4n) is 3.45. The van der Waals surface area contributed by atoms with E-state index in [-0.39, 0.29) is 29.4 Å². The predicted molar refractivity (Wildman–Crippen MR) is 80.1 cm³/mol. The summed E-state index contributed by atoms with van der Waals surface area (Å²) < 4.78 is 22.8. The van der Waals surface area contributed by atoms with E-state index in [2.05, 4.69) is 26.1 Å². The molecule has 0 aromatic carbocycles. The first-order valence-corrected chi connectivity index (χ1v) is 9.50. The maximum atomic E-state index is 12.2. The first kappa shape index (κ1) is 15.8. The third-order valence-corrected chi connectivity index (χ3v) is 6.67. The highest BCUT2D eigenvalue weighted by atomic mass is 32.2. The monoisotopic (exact) mass is 301 g/mol. The summed E-state index contributed by atoms with van der Waals surface area (Å²) in [6, 6.07) is -0.159. The van der Waals surface area contributed by atoms with Crippen molar-refractivity contribution in [3.05, 3.63) is 0 Å². The van der Waals surface area contributed by atoms with E-state index in [4.69, 9.17) is 0 Å². The lowest BCUT2D eigenvalue weighted by Gasteiger charge is -2.36.